The van der Waals surface area contributed by atoms with Crippen LogP contribution >= 0.6 is 0 Å². The molecule has 10 nitrogen and oxygen atoms in total. The summed E-state index contributed by atoms with van der Waals surface area (Å²) in [5, 5.41) is 21.6. The van der Waals surface area contributed by atoms with Gasteiger partial charge in [-0.3, -0.25) is 4.79 Å². The lowest BCUT2D eigenvalue weighted by Gasteiger charge is -2.28. The molecule has 0 bridgehead atoms. The minimum atomic E-state index is -4.81. The number of nitrogens with one attached hydrogen (secondary N) is 1. The molecule has 3 amide bonds. The highest BCUT2D eigenvalue weighted by Gasteiger charge is 2.52. The van der Waals surface area contributed by atoms with E-state index in [2.05, 4.69) is 5.32 Å². The quantitative estimate of drug-likeness (QED) is 0.230. The van der Waals surface area contributed by atoms with Crippen LogP contribution in [0, 0.1) is 0 Å². The van der Waals surface area contributed by atoms with E-state index in [1.165, 1.54) is 56.3 Å². The number of rotatable bonds is 7. The number of nitrogens with zero attached hydrogens (tertiary/aromatic N) is 2. The molecule has 0 radical (unpaired) electrons. The number of benzene rings is 3. The van der Waals surface area contributed by atoms with Crippen molar-refractivity contribution in [3.05, 3.63) is 82.9 Å². The van der Waals surface area contributed by atoms with E-state index in [4.69, 9.17) is 10.8 Å². The van der Waals surface area contributed by atoms with Crippen LogP contribution in [0.1, 0.15) is 45.7 Å². The van der Waals surface area contributed by atoms with Gasteiger partial charge in [-0.15, -0.1) is 0 Å². The van der Waals surface area contributed by atoms with E-state index in [9.17, 15) is 37.5 Å². The van der Waals surface area contributed by atoms with Crippen molar-refractivity contribution in [3.63, 3.8) is 0 Å². The molecule has 0 saturated carbocycles. The average Bonchev–Trinajstić information content (AvgIpc) is 3.04. The van der Waals surface area contributed by atoms with Crippen LogP contribution in [0.3, 0.4) is 0 Å². The molecule has 1 saturated heterocycles. The normalized spacial score (nSPS) is 14.9. The second kappa shape index (κ2) is 9.91. The zero-order chi connectivity index (χ0) is 29.6. The van der Waals surface area contributed by atoms with E-state index in [1.54, 1.807) is 0 Å². The summed E-state index contributed by atoms with van der Waals surface area (Å²) in [7, 11) is 0. The molecule has 0 spiro atoms. The molecule has 3 aromatic carbocycles. The van der Waals surface area contributed by atoms with Crippen LogP contribution < -0.4 is 16.0 Å². The molecule has 40 heavy (non-hydrogen) atoms. The van der Waals surface area contributed by atoms with Gasteiger partial charge >= 0.3 is 24.1 Å². The molecule has 3 aromatic rings. The van der Waals surface area contributed by atoms with Gasteiger partial charge in [0.05, 0.1) is 28.9 Å². The first-order valence-corrected chi connectivity index (χ1v) is 11.7. The third-order valence-electron chi connectivity index (χ3n) is 6.52. The summed E-state index contributed by atoms with van der Waals surface area (Å²) >= 11 is 0. The molecule has 1 aliphatic heterocycles. The fourth-order valence-corrected chi connectivity index (χ4v) is 4.24. The summed E-state index contributed by atoms with van der Waals surface area (Å²) < 4.78 is 40.3. The van der Waals surface area contributed by atoms with Gasteiger partial charge in [-0.1, -0.05) is 6.07 Å². The smallest absolute Gasteiger partial charge is 0.418 e. The number of alkyl halides is 3. The Balaban J connectivity index is 1.71. The first kappa shape index (κ1) is 28.0. The zero-order valence-electron chi connectivity index (χ0n) is 21.1. The van der Waals surface area contributed by atoms with Gasteiger partial charge in [0.2, 0.25) is 0 Å². The number of carboxylic acids is 2. The molecule has 13 heteroatoms. The highest BCUT2D eigenvalue weighted by Crippen LogP contribution is 2.39. The number of nitrogen functional groups attached to an aromatic ring is 1. The standard InChI is InChI=1S/C27H23F3N4O6/c1-26(2)24(39)34(18-9-10-20(31)19(12-18)27(28,29)30)25(40)33(26)13-16-4-3-15(23(37)38)11-21(16)32-17-7-5-14(6-8-17)22(35)36/h3-12,32H,13,31H2,1-2H3,(H,35,36)(H,37,38). The molecule has 5 N–H and O–H groups in total. The second-order valence-corrected chi connectivity index (χ2v) is 9.52. The van der Waals surface area contributed by atoms with Crippen molar-refractivity contribution in [2.24, 2.45) is 0 Å². The minimum Gasteiger partial charge on any atom is -0.478 e. The van der Waals surface area contributed by atoms with Gasteiger partial charge in [0.1, 0.15) is 5.54 Å². The number of hydrogen-bond donors (Lipinski definition) is 4. The van der Waals surface area contributed by atoms with Crippen molar-refractivity contribution in [2.75, 3.05) is 16.0 Å². The van der Waals surface area contributed by atoms with Crippen molar-refractivity contribution in [1.29, 1.82) is 0 Å². The van der Waals surface area contributed by atoms with Crippen molar-refractivity contribution in [2.45, 2.75) is 32.1 Å². The first-order chi connectivity index (χ1) is 18.6. The molecule has 1 fully saturated rings. The van der Waals surface area contributed by atoms with E-state index in [0.717, 1.165) is 17.0 Å². The summed E-state index contributed by atoms with van der Waals surface area (Å²) in [6.45, 7) is 2.67. The Labute approximate surface area is 225 Å². The molecule has 4 rings (SSSR count). The van der Waals surface area contributed by atoms with Gasteiger partial charge < -0.3 is 26.2 Å². The second-order valence-electron chi connectivity index (χ2n) is 9.52. The van der Waals surface area contributed by atoms with Crippen LogP contribution in [-0.4, -0.2) is 44.5 Å². The van der Waals surface area contributed by atoms with Crippen LogP contribution in [0.5, 0.6) is 0 Å². The molecular weight excluding hydrogens is 533 g/mol. The largest absolute Gasteiger partial charge is 0.478 e. The van der Waals surface area contributed by atoms with Crippen molar-refractivity contribution >= 4 is 46.6 Å². The summed E-state index contributed by atoms with van der Waals surface area (Å²) in [4.78, 5) is 51.3. The van der Waals surface area contributed by atoms with Crippen LogP contribution in [0.4, 0.5) is 40.7 Å². The van der Waals surface area contributed by atoms with Gasteiger partial charge in [0, 0.05) is 17.1 Å². The maximum atomic E-state index is 13.5. The number of halogens is 3. The van der Waals surface area contributed by atoms with Crippen molar-refractivity contribution in [3.8, 4) is 0 Å². The molecule has 1 heterocycles. The first-order valence-electron chi connectivity index (χ1n) is 11.7. The Morgan fingerprint density at radius 3 is 2.10 bits per heavy atom. The lowest BCUT2D eigenvalue weighted by atomic mass is 10.0. The average molecular weight is 556 g/mol. The fraction of sp³-hybridized carbons (Fsp3) is 0.185. The van der Waals surface area contributed by atoms with E-state index >= 15 is 0 Å². The Hall–Kier alpha value is -5.07. The number of carboxylic acid groups (broad SMARTS) is 2. The summed E-state index contributed by atoms with van der Waals surface area (Å²) in [6.07, 6.45) is -4.81. The zero-order valence-corrected chi connectivity index (χ0v) is 21.1. The van der Waals surface area contributed by atoms with E-state index in [-0.39, 0.29) is 29.0 Å². The van der Waals surface area contributed by atoms with Crippen molar-refractivity contribution < 1.29 is 42.6 Å². The number of urea groups is 1. The highest BCUT2D eigenvalue weighted by atomic mass is 19.4. The maximum Gasteiger partial charge on any atom is 0.418 e. The monoisotopic (exact) mass is 556 g/mol. The van der Waals surface area contributed by atoms with Gasteiger partial charge in [0.15, 0.2) is 0 Å². The van der Waals surface area contributed by atoms with Gasteiger partial charge in [0.25, 0.3) is 5.91 Å². The number of aromatic carboxylic acids is 2. The maximum absolute atomic E-state index is 13.5. The van der Waals surface area contributed by atoms with Gasteiger partial charge in [-0.2, -0.15) is 13.2 Å². The molecule has 208 valence electrons. The number of nitrogens with two attached hydrogens (primary N) is 1. The number of hydrogen-bond acceptors (Lipinski definition) is 6. The molecule has 0 atom stereocenters. The fourth-order valence-electron chi connectivity index (χ4n) is 4.24. The van der Waals surface area contributed by atoms with E-state index in [0.29, 0.717) is 22.2 Å². The third kappa shape index (κ3) is 5.13. The minimum absolute atomic E-state index is 0.0319. The number of carbonyl (C=O) groups excluding carboxylic acids is 2. The topological polar surface area (TPSA) is 153 Å². The highest BCUT2D eigenvalue weighted by molar-refractivity contribution is 6.23. The van der Waals surface area contributed by atoms with Gasteiger partial charge in [-0.25, -0.2) is 19.3 Å². The number of anilines is 4. The third-order valence-corrected chi connectivity index (χ3v) is 6.52. The van der Waals surface area contributed by atoms with Crippen LogP contribution in [-0.2, 0) is 17.5 Å². The SMILES string of the molecule is CC1(C)C(=O)N(c2ccc(N)c(C(F)(F)F)c2)C(=O)N1Cc1ccc(C(=O)O)cc1Nc1ccc(C(=O)O)cc1. The Morgan fingerprint density at radius 2 is 1.52 bits per heavy atom. The lowest BCUT2D eigenvalue weighted by Crippen LogP contribution is -2.43. The van der Waals surface area contributed by atoms with Crippen LogP contribution in [0.15, 0.2) is 60.7 Å². The van der Waals surface area contributed by atoms with E-state index < -0.39 is 46.8 Å². The van der Waals surface area contributed by atoms with Crippen molar-refractivity contribution in [1.82, 2.24) is 4.90 Å². The lowest BCUT2D eigenvalue weighted by molar-refractivity contribution is -0.137. The summed E-state index contributed by atoms with van der Waals surface area (Å²) in [5.74, 6) is -3.12. The Bertz CT molecular complexity index is 1540. The molecular formula is C27H23F3N4O6. The predicted molar refractivity (Wildman–Crippen MR) is 138 cm³/mol. The molecule has 0 aliphatic carbocycles. The molecule has 1 aliphatic rings. The number of carbonyl (C=O) groups is 4. The van der Waals surface area contributed by atoms with E-state index in [1.807, 2.05) is 0 Å². The molecule has 0 aromatic heterocycles. The summed E-state index contributed by atoms with van der Waals surface area (Å²) in [5.41, 5.74) is 2.94. The Kier molecular flexibility index (Phi) is 6.93. The Morgan fingerprint density at radius 1 is 0.925 bits per heavy atom. The van der Waals surface area contributed by atoms with Gasteiger partial charge in [-0.05, 0) is 74.0 Å². The summed E-state index contributed by atoms with van der Waals surface area (Å²) in [6, 6.07) is 11.6. The predicted octanol–water partition coefficient (Wildman–Crippen LogP) is 5.18. The molecule has 0 unspecified atom stereocenters. The number of amides is 3. The number of imide groups is 1. The van der Waals surface area contributed by atoms with Crippen LogP contribution in [0.25, 0.3) is 0 Å². The van der Waals surface area contributed by atoms with Crippen LogP contribution in [0.2, 0.25) is 0 Å².